The SMILES string of the molecule is C=CCSc1cccc(OC)c1. The van der Waals surface area contributed by atoms with E-state index in [2.05, 4.69) is 12.6 Å². The van der Waals surface area contributed by atoms with Gasteiger partial charge in [-0.3, -0.25) is 0 Å². The summed E-state index contributed by atoms with van der Waals surface area (Å²) in [6.07, 6.45) is 1.89. The molecule has 2 heteroatoms. The van der Waals surface area contributed by atoms with E-state index in [0.717, 1.165) is 11.5 Å². The van der Waals surface area contributed by atoms with Gasteiger partial charge in [0.25, 0.3) is 0 Å². The highest BCUT2D eigenvalue weighted by molar-refractivity contribution is 7.99. The molecule has 12 heavy (non-hydrogen) atoms. The van der Waals surface area contributed by atoms with Crippen molar-refractivity contribution in [3.8, 4) is 5.75 Å². The molecule has 0 radical (unpaired) electrons. The summed E-state index contributed by atoms with van der Waals surface area (Å²) in [7, 11) is 1.68. The van der Waals surface area contributed by atoms with E-state index in [1.165, 1.54) is 4.90 Å². The topological polar surface area (TPSA) is 9.23 Å². The van der Waals surface area contributed by atoms with Crippen molar-refractivity contribution in [3.63, 3.8) is 0 Å². The fourth-order valence-corrected chi connectivity index (χ4v) is 1.53. The smallest absolute Gasteiger partial charge is 0.119 e. The zero-order chi connectivity index (χ0) is 8.81. The molecule has 0 heterocycles. The molecule has 1 nitrogen and oxygen atoms in total. The number of rotatable bonds is 4. The van der Waals surface area contributed by atoms with E-state index in [4.69, 9.17) is 4.74 Å². The first-order chi connectivity index (χ1) is 5.86. The molecule has 1 aromatic rings. The van der Waals surface area contributed by atoms with E-state index in [1.807, 2.05) is 24.3 Å². The van der Waals surface area contributed by atoms with Crippen LogP contribution in [0.15, 0.2) is 41.8 Å². The molecule has 0 atom stereocenters. The van der Waals surface area contributed by atoms with Crippen molar-refractivity contribution in [2.75, 3.05) is 12.9 Å². The number of benzene rings is 1. The lowest BCUT2D eigenvalue weighted by Gasteiger charge is -2.01. The van der Waals surface area contributed by atoms with E-state index >= 15 is 0 Å². The quantitative estimate of drug-likeness (QED) is 0.520. The summed E-state index contributed by atoms with van der Waals surface area (Å²) in [5.74, 6) is 1.84. The average molecular weight is 180 g/mol. The lowest BCUT2D eigenvalue weighted by atomic mass is 10.3. The minimum absolute atomic E-state index is 0.907. The van der Waals surface area contributed by atoms with Gasteiger partial charge in [0.2, 0.25) is 0 Å². The second-order valence-electron chi connectivity index (χ2n) is 2.28. The fourth-order valence-electron chi connectivity index (χ4n) is 0.846. The van der Waals surface area contributed by atoms with Gasteiger partial charge in [0.15, 0.2) is 0 Å². The Kier molecular flexibility index (Phi) is 3.74. The molecule has 0 spiro atoms. The number of ether oxygens (including phenoxy) is 1. The average Bonchev–Trinajstić information content (AvgIpc) is 2.15. The van der Waals surface area contributed by atoms with Crippen molar-refractivity contribution < 1.29 is 4.74 Å². The second kappa shape index (κ2) is 4.88. The van der Waals surface area contributed by atoms with Gasteiger partial charge in [0.1, 0.15) is 5.75 Å². The highest BCUT2D eigenvalue weighted by Crippen LogP contribution is 2.22. The van der Waals surface area contributed by atoms with Gasteiger partial charge in [-0.1, -0.05) is 12.1 Å². The maximum atomic E-state index is 5.10. The molecule has 0 aliphatic rings. The molecule has 0 unspecified atom stereocenters. The van der Waals surface area contributed by atoms with Crippen LogP contribution in [0.25, 0.3) is 0 Å². The molecule has 0 N–H and O–H groups in total. The maximum Gasteiger partial charge on any atom is 0.119 e. The Labute approximate surface area is 77.4 Å². The Hall–Kier alpha value is -0.890. The van der Waals surface area contributed by atoms with Gasteiger partial charge in [0.05, 0.1) is 7.11 Å². The minimum Gasteiger partial charge on any atom is -0.497 e. The lowest BCUT2D eigenvalue weighted by Crippen LogP contribution is -1.82. The summed E-state index contributed by atoms with van der Waals surface area (Å²) in [5, 5.41) is 0. The third-order valence-electron chi connectivity index (χ3n) is 1.41. The number of thioether (sulfide) groups is 1. The van der Waals surface area contributed by atoms with Crippen molar-refractivity contribution in [1.29, 1.82) is 0 Å². The third kappa shape index (κ3) is 2.62. The number of hydrogen-bond acceptors (Lipinski definition) is 2. The standard InChI is InChI=1S/C10H12OS/c1-3-7-12-10-6-4-5-9(8-10)11-2/h3-6,8H,1,7H2,2H3. The van der Waals surface area contributed by atoms with Crippen molar-refractivity contribution in [2.24, 2.45) is 0 Å². The summed E-state index contributed by atoms with van der Waals surface area (Å²) in [4.78, 5) is 1.22. The van der Waals surface area contributed by atoms with Crippen molar-refractivity contribution >= 4 is 11.8 Å². The van der Waals surface area contributed by atoms with Crippen LogP contribution in [0.2, 0.25) is 0 Å². The fraction of sp³-hybridized carbons (Fsp3) is 0.200. The predicted octanol–water partition coefficient (Wildman–Crippen LogP) is 2.97. The molecule has 1 rings (SSSR count). The zero-order valence-electron chi connectivity index (χ0n) is 7.12. The van der Waals surface area contributed by atoms with Crippen LogP contribution >= 0.6 is 11.8 Å². The largest absolute Gasteiger partial charge is 0.497 e. The van der Waals surface area contributed by atoms with Crippen LogP contribution in [-0.4, -0.2) is 12.9 Å². The monoisotopic (exact) mass is 180 g/mol. The van der Waals surface area contributed by atoms with Gasteiger partial charge in [-0.25, -0.2) is 0 Å². The van der Waals surface area contributed by atoms with E-state index < -0.39 is 0 Å². The van der Waals surface area contributed by atoms with Gasteiger partial charge in [-0.15, -0.1) is 18.3 Å². The Bertz CT molecular complexity index is 258. The van der Waals surface area contributed by atoms with Gasteiger partial charge in [-0.2, -0.15) is 0 Å². The predicted molar refractivity (Wildman–Crippen MR) is 53.9 cm³/mol. The van der Waals surface area contributed by atoms with Crippen LogP contribution in [0.5, 0.6) is 5.75 Å². The molecule has 0 aliphatic carbocycles. The molecule has 64 valence electrons. The van der Waals surface area contributed by atoms with E-state index in [-0.39, 0.29) is 0 Å². The molecular formula is C10H12OS. The molecule has 0 saturated heterocycles. The van der Waals surface area contributed by atoms with Gasteiger partial charge in [-0.05, 0) is 18.2 Å². The first-order valence-electron chi connectivity index (χ1n) is 3.74. The normalized spacial score (nSPS) is 9.42. The summed E-state index contributed by atoms with van der Waals surface area (Å²) >= 11 is 1.75. The van der Waals surface area contributed by atoms with Crippen LogP contribution in [0.1, 0.15) is 0 Å². The van der Waals surface area contributed by atoms with Gasteiger partial charge < -0.3 is 4.74 Å². The summed E-state index contributed by atoms with van der Waals surface area (Å²) in [6, 6.07) is 8.02. The molecule has 0 bridgehead atoms. The van der Waals surface area contributed by atoms with Crippen LogP contribution in [-0.2, 0) is 0 Å². The highest BCUT2D eigenvalue weighted by Gasteiger charge is 1.93. The first-order valence-corrected chi connectivity index (χ1v) is 4.73. The Balaban J connectivity index is 2.65. The van der Waals surface area contributed by atoms with Crippen LogP contribution in [0, 0.1) is 0 Å². The van der Waals surface area contributed by atoms with Gasteiger partial charge >= 0.3 is 0 Å². The molecule has 0 amide bonds. The number of methoxy groups -OCH3 is 1. The van der Waals surface area contributed by atoms with Crippen LogP contribution in [0.3, 0.4) is 0 Å². The van der Waals surface area contributed by atoms with Crippen molar-refractivity contribution in [3.05, 3.63) is 36.9 Å². The molecule has 0 aromatic heterocycles. The molecule has 1 aromatic carbocycles. The Morgan fingerprint density at radius 1 is 1.58 bits per heavy atom. The first kappa shape index (κ1) is 9.20. The molecule has 0 fully saturated rings. The highest BCUT2D eigenvalue weighted by atomic mass is 32.2. The van der Waals surface area contributed by atoms with Crippen molar-refractivity contribution in [2.45, 2.75) is 4.90 Å². The Morgan fingerprint density at radius 2 is 2.42 bits per heavy atom. The molecule has 0 aliphatic heterocycles. The van der Waals surface area contributed by atoms with Crippen molar-refractivity contribution in [1.82, 2.24) is 0 Å². The second-order valence-corrected chi connectivity index (χ2v) is 3.37. The minimum atomic E-state index is 0.907. The molecule has 0 saturated carbocycles. The maximum absolute atomic E-state index is 5.10. The van der Waals surface area contributed by atoms with E-state index in [1.54, 1.807) is 18.9 Å². The number of hydrogen-bond donors (Lipinski definition) is 0. The summed E-state index contributed by atoms with van der Waals surface area (Å²) in [5.41, 5.74) is 0. The lowest BCUT2D eigenvalue weighted by molar-refractivity contribution is 0.413. The van der Waals surface area contributed by atoms with Gasteiger partial charge in [0, 0.05) is 10.6 Å². The molecular weight excluding hydrogens is 168 g/mol. The Morgan fingerprint density at radius 3 is 3.08 bits per heavy atom. The summed E-state index contributed by atoms with van der Waals surface area (Å²) in [6.45, 7) is 3.67. The third-order valence-corrected chi connectivity index (χ3v) is 2.40. The summed E-state index contributed by atoms with van der Waals surface area (Å²) < 4.78 is 5.10. The van der Waals surface area contributed by atoms with E-state index in [0.29, 0.717) is 0 Å². The van der Waals surface area contributed by atoms with Crippen LogP contribution < -0.4 is 4.74 Å². The van der Waals surface area contributed by atoms with E-state index in [9.17, 15) is 0 Å². The van der Waals surface area contributed by atoms with Crippen LogP contribution in [0.4, 0.5) is 0 Å². The zero-order valence-corrected chi connectivity index (χ0v) is 7.93.